The first-order valence-corrected chi connectivity index (χ1v) is 11.5. The quantitative estimate of drug-likeness (QED) is 0.607. The number of carboxylic acid groups (broad SMARTS) is 2. The van der Waals surface area contributed by atoms with E-state index in [9.17, 15) is 19.8 Å². The molecule has 5 heteroatoms. The van der Waals surface area contributed by atoms with Gasteiger partial charge in [-0.2, -0.15) is 0 Å². The van der Waals surface area contributed by atoms with Crippen molar-refractivity contribution < 1.29 is 19.8 Å². The fourth-order valence-electron chi connectivity index (χ4n) is 8.66. The van der Waals surface area contributed by atoms with E-state index in [1.807, 2.05) is 0 Å². The van der Waals surface area contributed by atoms with Gasteiger partial charge >= 0.3 is 11.9 Å². The van der Waals surface area contributed by atoms with Crippen LogP contribution in [-0.2, 0) is 9.59 Å². The Labute approximate surface area is 174 Å². The molecule has 9 atom stereocenters. The number of hydrogen-bond acceptors (Lipinski definition) is 3. The third kappa shape index (κ3) is 2.98. The molecular formula is C24H37NO4. The second-order valence-corrected chi connectivity index (χ2v) is 10.9. The largest absolute Gasteiger partial charge is 0.481 e. The third-order valence-electron chi connectivity index (χ3n) is 10.0. The van der Waals surface area contributed by atoms with Gasteiger partial charge in [0.2, 0.25) is 0 Å². The summed E-state index contributed by atoms with van der Waals surface area (Å²) in [5.41, 5.74) is 7.82. The zero-order chi connectivity index (χ0) is 21.1. The van der Waals surface area contributed by atoms with Crippen LogP contribution >= 0.6 is 0 Å². The summed E-state index contributed by atoms with van der Waals surface area (Å²) in [7, 11) is 0. The van der Waals surface area contributed by atoms with E-state index in [0.717, 1.165) is 44.9 Å². The lowest BCUT2D eigenvalue weighted by atomic mass is 9.39. The lowest BCUT2D eigenvalue weighted by molar-refractivity contribution is -0.178. The highest BCUT2D eigenvalue weighted by Gasteiger charge is 2.64. The zero-order valence-electron chi connectivity index (χ0n) is 17.9. The minimum Gasteiger partial charge on any atom is -0.481 e. The fraction of sp³-hybridized carbons (Fsp3) is 0.833. The normalized spacial score (nSPS) is 47.6. The van der Waals surface area contributed by atoms with Crippen LogP contribution in [0.15, 0.2) is 12.2 Å². The summed E-state index contributed by atoms with van der Waals surface area (Å²) < 4.78 is 0. The molecule has 0 spiro atoms. The molecule has 0 saturated heterocycles. The van der Waals surface area contributed by atoms with Gasteiger partial charge in [0, 0.05) is 6.42 Å². The van der Waals surface area contributed by atoms with Crippen LogP contribution in [0.4, 0.5) is 0 Å². The first kappa shape index (κ1) is 20.9. The van der Waals surface area contributed by atoms with Gasteiger partial charge in [-0.05, 0) is 84.9 Å². The Morgan fingerprint density at radius 2 is 1.83 bits per heavy atom. The number of carboxylic acids is 2. The molecular weight excluding hydrogens is 366 g/mol. The Morgan fingerprint density at radius 3 is 2.48 bits per heavy atom. The average molecular weight is 404 g/mol. The lowest BCUT2D eigenvalue weighted by Gasteiger charge is -2.65. The first-order valence-electron chi connectivity index (χ1n) is 11.5. The van der Waals surface area contributed by atoms with Crippen molar-refractivity contribution in [1.82, 2.24) is 0 Å². The predicted molar refractivity (Wildman–Crippen MR) is 111 cm³/mol. The summed E-state index contributed by atoms with van der Waals surface area (Å²) in [6, 6.07) is -0.991. The van der Waals surface area contributed by atoms with Crippen molar-refractivity contribution in [2.45, 2.75) is 77.7 Å². The van der Waals surface area contributed by atoms with E-state index in [1.54, 1.807) is 0 Å². The smallest absolute Gasteiger partial charge is 0.320 e. The van der Waals surface area contributed by atoms with Gasteiger partial charge in [-0.15, -0.1) is 0 Å². The van der Waals surface area contributed by atoms with Crippen LogP contribution in [0, 0.1) is 46.3 Å². The molecule has 0 heterocycles. The van der Waals surface area contributed by atoms with Gasteiger partial charge < -0.3 is 15.9 Å². The van der Waals surface area contributed by atoms with E-state index in [1.165, 1.54) is 12.0 Å². The van der Waals surface area contributed by atoms with Gasteiger partial charge in [0.1, 0.15) is 6.04 Å². The second kappa shape index (κ2) is 7.11. The van der Waals surface area contributed by atoms with Crippen molar-refractivity contribution in [2.75, 3.05) is 0 Å². The maximum Gasteiger partial charge on any atom is 0.320 e. The van der Waals surface area contributed by atoms with Crippen LogP contribution < -0.4 is 5.73 Å². The van der Waals surface area contributed by atoms with E-state index in [-0.39, 0.29) is 40.9 Å². The lowest BCUT2D eigenvalue weighted by Crippen LogP contribution is -2.63. The number of fused-ring (bicyclic) bond motifs is 5. The molecule has 0 amide bonds. The molecule has 4 rings (SSSR count). The molecule has 9 unspecified atom stereocenters. The van der Waals surface area contributed by atoms with Crippen molar-refractivity contribution >= 4 is 11.9 Å². The molecule has 0 radical (unpaired) electrons. The number of aliphatic carboxylic acids is 2. The van der Waals surface area contributed by atoms with Gasteiger partial charge in [0.05, 0.1) is 0 Å². The van der Waals surface area contributed by atoms with Crippen molar-refractivity contribution in [3.63, 3.8) is 0 Å². The summed E-state index contributed by atoms with van der Waals surface area (Å²) in [6.07, 6.45) is 8.75. The Bertz CT molecular complexity index is 720. The molecule has 4 aliphatic rings. The standard InChI is InChI=1S/C24H37NO4/c1-13-7-8-16-20-17(9-11-23(13,16)2)24(3)10-5-4-6-15(24)14(12-18(26)27)19(20)21(25)22(28)29/h14-17,19-21H,1,4-12,25H2,2-3H3,(H,26,27)(H,28,29). The molecule has 4 aliphatic carbocycles. The monoisotopic (exact) mass is 403 g/mol. The number of hydrogen-bond donors (Lipinski definition) is 3. The van der Waals surface area contributed by atoms with Gasteiger partial charge in [-0.1, -0.05) is 38.8 Å². The average Bonchev–Trinajstić information content (AvgIpc) is 2.96. The molecule has 0 aromatic rings. The molecule has 4 saturated carbocycles. The topological polar surface area (TPSA) is 101 Å². The first-order chi connectivity index (χ1) is 13.6. The molecule has 0 aromatic carbocycles. The molecule has 29 heavy (non-hydrogen) atoms. The predicted octanol–water partition coefficient (Wildman–Crippen LogP) is 4.31. The van der Waals surface area contributed by atoms with Gasteiger partial charge in [0.15, 0.2) is 0 Å². The molecule has 4 fully saturated rings. The second-order valence-electron chi connectivity index (χ2n) is 10.9. The van der Waals surface area contributed by atoms with Gasteiger partial charge in [-0.25, -0.2) is 0 Å². The van der Waals surface area contributed by atoms with Crippen molar-refractivity contribution in [2.24, 2.45) is 52.1 Å². The van der Waals surface area contributed by atoms with Crippen LogP contribution in [0.3, 0.4) is 0 Å². The molecule has 0 aromatic heterocycles. The third-order valence-corrected chi connectivity index (χ3v) is 10.0. The SMILES string of the molecule is C=C1CCC2C3C(C(N)C(=O)O)C(CC(=O)O)C4CCCCC4(C)C3CCC12C. The van der Waals surface area contributed by atoms with Gasteiger partial charge in [-0.3, -0.25) is 9.59 Å². The van der Waals surface area contributed by atoms with Crippen molar-refractivity contribution in [1.29, 1.82) is 0 Å². The molecule has 0 aliphatic heterocycles. The maximum atomic E-state index is 12.1. The highest BCUT2D eigenvalue weighted by molar-refractivity contribution is 5.74. The number of nitrogens with two attached hydrogens (primary N) is 1. The molecule has 4 N–H and O–H groups in total. The molecule has 162 valence electrons. The summed E-state index contributed by atoms with van der Waals surface area (Å²) >= 11 is 0. The summed E-state index contributed by atoms with van der Waals surface area (Å²) in [6.45, 7) is 9.08. The maximum absolute atomic E-state index is 12.1. The zero-order valence-corrected chi connectivity index (χ0v) is 17.9. The Hall–Kier alpha value is -1.36. The van der Waals surface area contributed by atoms with E-state index >= 15 is 0 Å². The van der Waals surface area contributed by atoms with Crippen LogP contribution in [0.2, 0.25) is 0 Å². The number of allylic oxidation sites excluding steroid dienone is 1. The number of rotatable bonds is 4. The van der Waals surface area contributed by atoms with E-state index in [2.05, 4.69) is 20.4 Å². The Kier molecular flexibility index (Phi) is 5.12. The summed E-state index contributed by atoms with van der Waals surface area (Å²) in [4.78, 5) is 24.0. The van der Waals surface area contributed by atoms with Crippen molar-refractivity contribution in [3.05, 3.63) is 12.2 Å². The van der Waals surface area contributed by atoms with E-state index < -0.39 is 18.0 Å². The van der Waals surface area contributed by atoms with Crippen LogP contribution in [0.25, 0.3) is 0 Å². The van der Waals surface area contributed by atoms with Crippen LogP contribution in [-0.4, -0.2) is 28.2 Å². The molecule has 0 bridgehead atoms. The summed E-state index contributed by atoms with van der Waals surface area (Å²) in [5, 5.41) is 19.7. The Balaban J connectivity index is 1.85. The minimum absolute atomic E-state index is 0.0412. The Morgan fingerprint density at radius 1 is 1.10 bits per heavy atom. The van der Waals surface area contributed by atoms with Crippen molar-refractivity contribution in [3.8, 4) is 0 Å². The summed E-state index contributed by atoms with van der Waals surface area (Å²) in [5.74, 6) is -0.953. The van der Waals surface area contributed by atoms with E-state index in [4.69, 9.17) is 5.73 Å². The van der Waals surface area contributed by atoms with Crippen LogP contribution in [0.5, 0.6) is 0 Å². The molecule has 5 nitrogen and oxygen atoms in total. The highest BCUT2D eigenvalue weighted by Crippen LogP contribution is 2.70. The minimum atomic E-state index is -0.991. The van der Waals surface area contributed by atoms with E-state index in [0.29, 0.717) is 11.8 Å². The van der Waals surface area contributed by atoms with Gasteiger partial charge in [0.25, 0.3) is 0 Å². The van der Waals surface area contributed by atoms with Crippen LogP contribution in [0.1, 0.15) is 71.6 Å². The number of carbonyl (C=O) groups is 2. The fourth-order valence-corrected chi connectivity index (χ4v) is 8.66. The highest BCUT2D eigenvalue weighted by atomic mass is 16.4.